The molecule has 0 aliphatic rings. The van der Waals surface area contributed by atoms with Gasteiger partial charge in [-0.25, -0.2) is 0 Å². The standard InChI is InChI=1S/C7H15NO2/c1-4(2)5(3)6(9)7(8)10/h4-6,9H,1-3H3,(H2,8,10)/t5-,6+/m1/s1. The maximum absolute atomic E-state index is 10.4. The number of aliphatic hydroxyl groups excluding tert-OH is 1. The van der Waals surface area contributed by atoms with E-state index in [2.05, 4.69) is 0 Å². The second-order valence-corrected chi connectivity index (χ2v) is 2.95. The van der Waals surface area contributed by atoms with Gasteiger partial charge in [0.1, 0.15) is 6.10 Å². The minimum Gasteiger partial charge on any atom is -0.383 e. The van der Waals surface area contributed by atoms with Crippen molar-refractivity contribution in [3.05, 3.63) is 0 Å². The first-order valence-electron chi connectivity index (χ1n) is 3.44. The molecular formula is C7H15NO2. The molecule has 0 fully saturated rings. The van der Waals surface area contributed by atoms with Crippen LogP contribution < -0.4 is 5.73 Å². The lowest BCUT2D eigenvalue weighted by Crippen LogP contribution is -2.36. The first-order chi connectivity index (χ1) is 4.46. The predicted molar refractivity (Wildman–Crippen MR) is 39.2 cm³/mol. The number of primary amides is 1. The van der Waals surface area contributed by atoms with E-state index in [1.54, 1.807) is 6.92 Å². The van der Waals surface area contributed by atoms with Crippen LogP contribution in [0.3, 0.4) is 0 Å². The molecule has 0 radical (unpaired) electrons. The fourth-order valence-electron chi connectivity index (χ4n) is 0.624. The van der Waals surface area contributed by atoms with E-state index in [1.165, 1.54) is 0 Å². The summed E-state index contributed by atoms with van der Waals surface area (Å²) < 4.78 is 0. The van der Waals surface area contributed by atoms with Crippen molar-refractivity contribution in [1.29, 1.82) is 0 Å². The van der Waals surface area contributed by atoms with Crippen LogP contribution in [0, 0.1) is 11.8 Å². The number of rotatable bonds is 3. The summed E-state index contributed by atoms with van der Waals surface area (Å²) in [6.45, 7) is 5.69. The van der Waals surface area contributed by atoms with Crippen LogP contribution in [-0.2, 0) is 4.79 Å². The average molecular weight is 145 g/mol. The normalized spacial score (nSPS) is 16.9. The number of hydrogen-bond acceptors (Lipinski definition) is 2. The first kappa shape index (κ1) is 9.43. The molecule has 0 rings (SSSR count). The molecule has 3 heteroatoms. The monoisotopic (exact) mass is 145 g/mol. The minimum absolute atomic E-state index is 0.0579. The summed E-state index contributed by atoms with van der Waals surface area (Å²) in [4.78, 5) is 10.4. The second kappa shape index (κ2) is 3.56. The van der Waals surface area contributed by atoms with E-state index >= 15 is 0 Å². The van der Waals surface area contributed by atoms with E-state index in [9.17, 15) is 4.79 Å². The van der Waals surface area contributed by atoms with Gasteiger partial charge in [-0.2, -0.15) is 0 Å². The Morgan fingerprint density at radius 1 is 1.40 bits per heavy atom. The van der Waals surface area contributed by atoms with E-state index < -0.39 is 12.0 Å². The van der Waals surface area contributed by atoms with Gasteiger partial charge in [0.05, 0.1) is 0 Å². The third-order valence-electron chi connectivity index (χ3n) is 1.84. The molecule has 3 N–H and O–H groups in total. The Morgan fingerprint density at radius 3 is 1.90 bits per heavy atom. The molecule has 0 heterocycles. The number of carbonyl (C=O) groups excluding carboxylic acids is 1. The van der Waals surface area contributed by atoms with Gasteiger partial charge in [0, 0.05) is 0 Å². The molecule has 2 atom stereocenters. The molecule has 1 amide bonds. The molecule has 0 unspecified atom stereocenters. The van der Waals surface area contributed by atoms with Gasteiger partial charge in [0.25, 0.3) is 0 Å². The predicted octanol–water partition coefficient (Wildman–Crippen LogP) is 0.125. The first-order valence-corrected chi connectivity index (χ1v) is 3.44. The fraction of sp³-hybridized carbons (Fsp3) is 0.857. The smallest absolute Gasteiger partial charge is 0.246 e. The van der Waals surface area contributed by atoms with Gasteiger partial charge in [-0.15, -0.1) is 0 Å². The largest absolute Gasteiger partial charge is 0.383 e. The summed E-state index contributed by atoms with van der Waals surface area (Å²) in [5, 5.41) is 9.09. The van der Waals surface area contributed by atoms with Crippen molar-refractivity contribution >= 4 is 5.91 Å². The van der Waals surface area contributed by atoms with Gasteiger partial charge in [0.2, 0.25) is 5.91 Å². The third-order valence-corrected chi connectivity index (χ3v) is 1.84. The van der Waals surface area contributed by atoms with Gasteiger partial charge in [0.15, 0.2) is 0 Å². The lowest BCUT2D eigenvalue weighted by atomic mass is 9.92. The molecule has 0 bridgehead atoms. The van der Waals surface area contributed by atoms with Crippen molar-refractivity contribution in [1.82, 2.24) is 0 Å². The highest BCUT2D eigenvalue weighted by Crippen LogP contribution is 2.13. The van der Waals surface area contributed by atoms with Crippen molar-refractivity contribution in [3.63, 3.8) is 0 Å². The van der Waals surface area contributed by atoms with Crippen LogP contribution >= 0.6 is 0 Å². The second-order valence-electron chi connectivity index (χ2n) is 2.95. The lowest BCUT2D eigenvalue weighted by Gasteiger charge is -2.18. The summed E-state index contributed by atoms with van der Waals surface area (Å²) in [6.07, 6.45) is -1.00. The number of aliphatic hydroxyl groups is 1. The molecule has 0 aliphatic carbocycles. The Labute approximate surface area is 61.2 Å². The molecule has 10 heavy (non-hydrogen) atoms. The van der Waals surface area contributed by atoms with Crippen molar-refractivity contribution in [2.45, 2.75) is 26.9 Å². The highest BCUT2D eigenvalue weighted by atomic mass is 16.3. The van der Waals surface area contributed by atoms with Crippen LogP contribution in [0.1, 0.15) is 20.8 Å². The van der Waals surface area contributed by atoms with Crippen molar-refractivity contribution in [3.8, 4) is 0 Å². The summed E-state index contributed by atoms with van der Waals surface area (Å²) in [5.41, 5.74) is 4.89. The average Bonchev–Trinajstić information content (AvgIpc) is 1.84. The van der Waals surface area contributed by atoms with Crippen LogP contribution in [0.5, 0.6) is 0 Å². The van der Waals surface area contributed by atoms with Crippen molar-refractivity contribution < 1.29 is 9.90 Å². The molecule has 60 valence electrons. The van der Waals surface area contributed by atoms with E-state index in [4.69, 9.17) is 10.8 Å². The quantitative estimate of drug-likeness (QED) is 0.592. The Hall–Kier alpha value is -0.570. The van der Waals surface area contributed by atoms with Crippen LogP contribution in [0.25, 0.3) is 0 Å². The maximum Gasteiger partial charge on any atom is 0.246 e. The molecule has 0 aromatic carbocycles. The SMILES string of the molecule is CC(C)[C@@H](C)[C@H](O)C(N)=O. The third kappa shape index (κ3) is 2.35. The van der Waals surface area contributed by atoms with E-state index in [1.807, 2.05) is 13.8 Å². The van der Waals surface area contributed by atoms with Gasteiger partial charge in [-0.05, 0) is 11.8 Å². The van der Waals surface area contributed by atoms with E-state index in [-0.39, 0.29) is 11.8 Å². The zero-order valence-electron chi connectivity index (χ0n) is 6.66. The Morgan fingerprint density at radius 2 is 1.80 bits per heavy atom. The molecular weight excluding hydrogens is 130 g/mol. The molecule has 3 nitrogen and oxygen atoms in total. The minimum atomic E-state index is -1.00. The Balaban J connectivity index is 3.94. The molecule has 0 saturated heterocycles. The number of amides is 1. The van der Waals surface area contributed by atoms with Gasteiger partial charge in [-0.1, -0.05) is 20.8 Å². The van der Waals surface area contributed by atoms with E-state index in [0.717, 1.165) is 0 Å². The summed E-state index contributed by atoms with van der Waals surface area (Å²) in [6, 6.07) is 0. The summed E-state index contributed by atoms with van der Waals surface area (Å²) in [5.74, 6) is -0.416. The number of carbonyl (C=O) groups is 1. The Bertz CT molecular complexity index is 123. The van der Waals surface area contributed by atoms with Crippen LogP contribution in [-0.4, -0.2) is 17.1 Å². The fourth-order valence-corrected chi connectivity index (χ4v) is 0.624. The van der Waals surface area contributed by atoms with E-state index in [0.29, 0.717) is 0 Å². The highest BCUT2D eigenvalue weighted by molar-refractivity contribution is 5.78. The number of hydrogen-bond donors (Lipinski definition) is 2. The summed E-state index contributed by atoms with van der Waals surface area (Å²) >= 11 is 0. The van der Waals surface area contributed by atoms with Crippen molar-refractivity contribution in [2.75, 3.05) is 0 Å². The zero-order chi connectivity index (χ0) is 8.31. The molecule has 0 aromatic rings. The molecule has 0 aromatic heterocycles. The van der Waals surface area contributed by atoms with Gasteiger partial charge in [-0.3, -0.25) is 4.79 Å². The topological polar surface area (TPSA) is 63.3 Å². The van der Waals surface area contributed by atoms with Gasteiger partial charge >= 0.3 is 0 Å². The molecule has 0 saturated carbocycles. The summed E-state index contributed by atoms with van der Waals surface area (Å²) in [7, 11) is 0. The van der Waals surface area contributed by atoms with Crippen LogP contribution in [0.4, 0.5) is 0 Å². The van der Waals surface area contributed by atoms with Crippen molar-refractivity contribution in [2.24, 2.45) is 17.6 Å². The number of nitrogens with two attached hydrogens (primary N) is 1. The van der Waals surface area contributed by atoms with Crippen LogP contribution in [0.15, 0.2) is 0 Å². The molecule has 0 aliphatic heterocycles. The molecule has 0 spiro atoms. The van der Waals surface area contributed by atoms with Gasteiger partial charge < -0.3 is 10.8 Å². The van der Waals surface area contributed by atoms with Crippen LogP contribution in [0.2, 0.25) is 0 Å². The lowest BCUT2D eigenvalue weighted by molar-refractivity contribution is -0.129. The highest BCUT2D eigenvalue weighted by Gasteiger charge is 2.21. The zero-order valence-corrected chi connectivity index (χ0v) is 6.66. The maximum atomic E-state index is 10.4. The Kier molecular flexibility index (Phi) is 3.36.